The molecule has 0 amide bonds. The van der Waals surface area contributed by atoms with Crippen molar-refractivity contribution in [3.63, 3.8) is 0 Å². The molecule has 1 aliphatic rings. The molecule has 10 heavy (non-hydrogen) atoms. The number of nitrogens with one attached hydrogen (secondary N) is 1. The molecule has 1 atom stereocenters. The molecule has 1 saturated heterocycles. The van der Waals surface area contributed by atoms with E-state index in [1.165, 1.54) is 6.42 Å². The molecule has 0 radical (unpaired) electrons. The van der Waals surface area contributed by atoms with Gasteiger partial charge in [-0.25, -0.2) is 0 Å². The van der Waals surface area contributed by atoms with Crippen molar-refractivity contribution >= 4 is 0 Å². The predicted molar refractivity (Wildman–Crippen MR) is 41.9 cm³/mol. The van der Waals surface area contributed by atoms with Gasteiger partial charge in [0, 0.05) is 18.7 Å². The maximum atomic E-state index is 8.82. The van der Waals surface area contributed by atoms with E-state index in [0.717, 1.165) is 13.0 Å². The molecule has 0 aromatic heterocycles. The summed E-state index contributed by atoms with van der Waals surface area (Å²) in [6.07, 6.45) is 2.34. The van der Waals surface area contributed by atoms with E-state index >= 15 is 0 Å². The largest absolute Gasteiger partial charge is 0.396 e. The van der Waals surface area contributed by atoms with Crippen LogP contribution in [0.15, 0.2) is 0 Å². The average molecular weight is 143 g/mol. The second kappa shape index (κ2) is 2.89. The van der Waals surface area contributed by atoms with Gasteiger partial charge in [0.1, 0.15) is 0 Å². The highest BCUT2D eigenvalue weighted by Crippen LogP contribution is 2.21. The number of aliphatic hydroxyl groups is 1. The zero-order chi connectivity index (χ0) is 7.61. The average Bonchev–Trinajstić information content (AvgIpc) is 1.88. The lowest BCUT2D eigenvalue weighted by molar-refractivity contribution is 0.160. The van der Waals surface area contributed by atoms with Crippen LogP contribution in [0.5, 0.6) is 0 Å². The Morgan fingerprint density at radius 2 is 2.30 bits per heavy atom. The molecule has 0 spiro atoms. The Morgan fingerprint density at radius 3 is 2.70 bits per heavy atom. The SMILES string of the molecule is CC1(C)CCC(CO)CN1. The maximum absolute atomic E-state index is 8.82. The fourth-order valence-corrected chi connectivity index (χ4v) is 1.33. The Hall–Kier alpha value is -0.0800. The third kappa shape index (κ3) is 1.96. The van der Waals surface area contributed by atoms with Crippen molar-refractivity contribution in [1.82, 2.24) is 5.32 Å². The van der Waals surface area contributed by atoms with Gasteiger partial charge < -0.3 is 10.4 Å². The van der Waals surface area contributed by atoms with Crippen LogP contribution in [0.2, 0.25) is 0 Å². The van der Waals surface area contributed by atoms with Gasteiger partial charge in [-0.3, -0.25) is 0 Å². The van der Waals surface area contributed by atoms with Gasteiger partial charge in [-0.05, 0) is 32.6 Å². The molecular formula is C8H17NO. The normalized spacial score (nSPS) is 32.1. The summed E-state index contributed by atoms with van der Waals surface area (Å²) >= 11 is 0. The first-order valence-corrected chi connectivity index (χ1v) is 4.00. The van der Waals surface area contributed by atoms with Crippen molar-refractivity contribution in [3.8, 4) is 0 Å². The van der Waals surface area contributed by atoms with Gasteiger partial charge in [-0.15, -0.1) is 0 Å². The summed E-state index contributed by atoms with van der Waals surface area (Å²) in [6, 6.07) is 0. The zero-order valence-corrected chi connectivity index (χ0v) is 6.85. The van der Waals surface area contributed by atoms with E-state index in [0.29, 0.717) is 18.1 Å². The Bertz CT molecular complexity index is 102. The van der Waals surface area contributed by atoms with Crippen LogP contribution in [0.4, 0.5) is 0 Å². The van der Waals surface area contributed by atoms with E-state index in [2.05, 4.69) is 19.2 Å². The van der Waals surface area contributed by atoms with Crippen molar-refractivity contribution in [2.24, 2.45) is 5.92 Å². The van der Waals surface area contributed by atoms with Gasteiger partial charge in [-0.1, -0.05) is 0 Å². The maximum Gasteiger partial charge on any atom is 0.0471 e. The number of hydrogen-bond acceptors (Lipinski definition) is 2. The van der Waals surface area contributed by atoms with Crippen LogP contribution < -0.4 is 5.32 Å². The molecule has 1 aliphatic heterocycles. The summed E-state index contributed by atoms with van der Waals surface area (Å²) in [5.41, 5.74) is 0.297. The first-order valence-electron chi connectivity index (χ1n) is 4.00. The predicted octanol–water partition coefficient (Wildman–Crippen LogP) is 0.757. The highest BCUT2D eigenvalue weighted by Gasteiger charge is 2.24. The molecule has 0 aromatic carbocycles. The van der Waals surface area contributed by atoms with E-state index in [1.54, 1.807) is 0 Å². The molecule has 0 bridgehead atoms. The number of hydrogen-bond donors (Lipinski definition) is 2. The second-order valence-corrected chi connectivity index (χ2v) is 3.85. The minimum Gasteiger partial charge on any atom is -0.396 e. The van der Waals surface area contributed by atoms with Crippen molar-refractivity contribution in [2.45, 2.75) is 32.2 Å². The summed E-state index contributed by atoms with van der Waals surface area (Å²) in [5.74, 6) is 0.494. The summed E-state index contributed by atoms with van der Waals surface area (Å²) < 4.78 is 0. The fourth-order valence-electron chi connectivity index (χ4n) is 1.33. The summed E-state index contributed by atoms with van der Waals surface area (Å²) in [6.45, 7) is 5.73. The van der Waals surface area contributed by atoms with E-state index in [1.807, 2.05) is 0 Å². The fraction of sp³-hybridized carbons (Fsp3) is 1.00. The van der Waals surface area contributed by atoms with Crippen LogP contribution in [-0.4, -0.2) is 23.8 Å². The van der Waals surface area contributed by atoms with E-state index in [4.69, 9.17) is 5.11 Å². The second-order valence-electron chi connectivity index (χ2n) is 3.85. The minimum absolute atomic E-state index is 0.297. The lowest BCUT2D eigenvalue weighted by Crippen LogP contribution is -2.47. The third-order valence-electron chi connectivity index (χ3n) is 2.31. The monoisotopic (exact) mass is 143 g/mol. The molecule has 2 N–H and O–H groups in total. The Morgan fingerprint density at radius 1 is 1.60 bits per heavy atom. The third-order valence-corrected chi connectivity index (χ3v) is 2.31. The van der Waals surface area contributed by atoms with Gasteiger partial charge in [-0.2, -0.15) is 0 Å². The lowest BCUT2D eigenvalue weighted by atomic mass is 9.87. The molecule has 0 aliphatic carbocycles. The Kier molecular flexibility index (Phi) is 2.32. The van der Waals surface area contributed by atoms with Crippen molar-refractivity contribution in [2.75, 3.05) is 13.2 Å². The number of piperidine rings is 1. The molecule has 0 aromatic rings. The first kappa shape index (κ1) is 8.02. The molecule has 1 heterocycles. The molecule has 2 nitrogen and oxygen atoms in total. The molecule has 1 rings (SSSR count). The first-order chi connectivity index (χ1) is 4.64. The summed E-state index contributed by atoms with van der Waals surface area (Å²) in [5, 5.41) is 12.2. The summed E-state index contributed by atoms with van der Waals surface area (Å²) in [4.78, 5) is 0. The van der Waals surface area contributed by atoms with Crippen molar-refractivity contribution < 1.29 is 5.11 Å². The standard InChI is InChI=1S/C8H17NO/c1-8(2)4-3-7(6-10)5-9-8/h7,9-10H,3-6H2,1-2H3. The molecule has 0 saturated carbocycles. The Labute approximate surface area is 62.6 Å². The van der Waals surface area contributed by atoms with Crippen LogP contribution in [0.1, 0.15) is 26.7 Å². The van der Waals surface area contributed by atoms with Crippen LogP contribution in [0, 0.1) is 5.92 Å². The molecule has 1 unspecified atom stereocenters. The van der Waals surface area contributed by atoms with E-state index < -0.39 is 0 Å². The van der Waals surface area contributed by atoms with Crippen LogP contribution in [0.25, 0.3) is 0 Å². The zero-order valence-electron chi connectivity index (χ0n) is 6.85. The highest BCUT2D eigenvalue weighted by atomic mass is 16.3. The van der Waals surface area contributed by atoms with E-state index in [9.17, 15) is 0 Å². The van der Waals surface area contributed by atoms with Gasteiger partial charge >= 0.3 is 0 Å². The van der Waals surface area contributed by atoms with Gasteiger partial charge in [0.25, 0.3) is 0 Å². The minimum atomic E-state index is 0.297. The van der Waals surface area contributed by atoms with E-state index in [-0.39, 0.29) is 0 Å². The quantitative estimate of drug-likeness (QED) is 0.568. The number of aliphatic hydroxyl groups excluding tert-OH is 1. The smallest absolute Gasteiger partial charge is 0.0471 e. The van der Waals surface area contributed by atoms with Crippen LogP contribution >= 0.6 is 0 Å². The van der Waals surface area contributed by atoms with Crippen molar-refractivity contribution in [3.05, 3.63) is 0 Å². The van der Waals surface area contributed by atoms with Gasteiger partial charge in [0.2, 0.25) is 0 Å². The summed E-state index contributed by atoms with van der Waals surface area (Å²) in [7, 11) is 0. The lowest BCUT2D eigenvalue weighted by Gasteiger charge is -2.35. The molecular weight excluding hydrogens is 126 g/mol. The van der Waals surface area contributed by atoms with Gasteiger partial charge in [0.15, 0.2) is 0 Å². The van der Waals surface area contributed by atoms with Crippen LogP contribution in [0.3, 0.4) is 0 Å². The molecule has 2 heteroatoms. The number of rotatable bonds is 1. The molecule has 60 valence electrons. The van der Waals surface area contributed by atoms with Gasteiger partial charge in [0.05, 0.1) is 0 Å². The van der Waals surface area contributed by atoms with Crippen LogP contribution in [-0.2, 0) is 0 Å². The Balaban J connectivity index is 2.31. The topological polar surface area (TPSA) is 32.3 Å². The van der Waals surface area contributed by atoms with Crippen molar-refractivity contribution in [1.29, 1.82) is 0 Å². The highest BCUT2D eigenvalue weighted by molar-refractivity contribution is 4.84. The molecule has 1 fully saturated rings.